The van der Waals surface area contributed by atoms with Crippen LogP contribution in [0.3, 0.4) is 0 Å². The van der Waals surface area contributed by atoms with Crippen molar-refractivity contribution in [3.05, 3.63) is 47.4 Å². The Morgan fingerprint density at radius 3 is 2.66 bits per heavy atom. The molecular formula is C19H14F3N3O4. The molecule has 150 valence electrons. The van der Waals surface area contributed by atoms with Crippen molar-refractivity contribution in [3.8, 4) is 17.0 Å². The Balaban J connectivity index is 1.70. The number of alkyl halides is 2. The predicted octanol–water partition coefficient (Wildman–Crippen LogP) is 2.25. The van der Waals surface area contributed by atoms with Crippen LogP contribution in [0.1, 0.15) is 28.8 Å². The number of hydrogen-bond donors (Lipinski definition) is 1. The van der Waals surface area contributed by atoms with Crippen molar-refractivity contribution in [1.82, 2.24) is 15.2 Å². The number of pyridine rings is 1. The SMILES string of the molecule is O=C1CCC(N2Cc3c(cccc3-c3cc(F)nc(OC(F)F)c3)C2=O)C(=O)N1. The normalized spacial score (nSPS) is 18.8. The molecule has 0 aliphatic carbocycles. The molecule has 1 aromatic carbocycles. The van der Waals surface area contributed by atoms with Gasteiger partial charge in [0.25, 0.3) is 5.91 Å². The second-order valence-electron chi connectivity index (χ2n) is 6.63. The molecule has 1 unspecified atom stereocenters. The van der Waals surface area contributed by atoms with Crippen molar-refractivity contribution in [2.75, 3.05) is 0 Å². The summed E-state index contributed by atoms with van der Waals surface area (Å²) in [7, 11) is 0. The lowest BCUT2D eigenvalue weighted by molar-refractivity contribution is -0.136. The standard InChI is InChI=1S/C19H14F3N3O4/c20-14-6-9(7-16(23-14)29-19(21)22)10-2-1-3-11-12(10)8-25(18(11)28)13-4-5-15(26)24-17(13)27/h1-3,6-7,13,19H,4-5,8H2,(H,24,26,27). The predicted molar refractivity (Wildman–Crippen MR) is 92.3 cm³/mol. The van der Waals surface area contributed by atoms with Crippen LogP contribution in [0.25, 0.3) is 11.1 Å². The molecule has 1 saturated heterocycles. The molecule has 0 spiro atoms. The topological polar surface area (TPSA) is 88.6 Å². The molecule has 4 rings (SSSR count). The molecular weight excluding hydrogens is 391 g/mol. The van der Waals surface area contributed by atoms with E-state index >= 15 is 0 Å². The van der Waals surface area contributed by atoms with Gasteiger partial charge in [-0.15, -0.1) is 0 Å². The van der Waals surface area contributed by atoms with E-state index in [1.54, 1.807) is 18.2 Å². The van der Waals surface area contributed by atoms with Crippen molar-refractivity contribution < 1.29 is 32.3 Å². The third kappa shape index (κ3) is 3.53. The third-order valence-corrected chi connectivity index (χ3v) is 4.87. The minimum Gasteiger partial charge on any atom is -0.417 e. The molecule has 29 heavy (non-hydrogen) atoms. The highest BCUT2D eigenvalue weighted by Gasteiger charge is 2.39. The average Bonchev–Trinajstić information content (AvgIpc) is 2.97. The van der Waals surface area contributed by atoms with Gasteiger partial charge in [-0.05, 0) is 29.2 Å². The number of nitrogens with one attached hydrogen (secondary N) is 1. The van der Waals surface area contributed by atoms with E-state index in [9.17, 15) is 27.6 Å². The number of benzene rings is 1. The fourth-order valence-corrected chi connectivity index (χ4v) is 3.64. The van der Waals surface area contributed by atoms with Crippen molar-refractivity contribution in [2.24, 2.45) is 0 Å². The Morgan fingerprint density at radius 1 is 1.17 bits per heavy atom. The van der Waals surface area contributed by atoms with Crippen molar-refractivity contribution >= 4 is 17.7 Å². The maximum absolute atomic E-state index is 13.8. The number of piperidine rings is 1. The Bertz CT molecular complexity index is 1030. The highest BCUT2D eigenvalue weighted by Crippen LogP contribution is 2.35. The van der Waals surface area contributed by atoms with E-state index in [1.165, 1.54) is 4.90 Å². The lowest BCUT2D eigenvalue weighted by atomic mass is 9.97. The quantitative estimate of drug-likeness (QED) is 0.623. The molecule has 10 heteroatoms. The fourth-order valence-electron chi connectivity index (χ4n) is 3.64. The second kappa shape index (κ2) is 7.19. The van der Waals surface area contributed by atoms with Gasteiger partial charge < -0.3 is 9.64 Å². The van der Waals surface area contributed by atoms with E-state index in [2.05, 4.69) is 15.0 Å². The summed E-state index contributed by atoms with van der Waals surface area (Å²) in [5.74, 6) is -2.93. The van der Waals surface area contributed by atoms with Gasteiger partial charge in [-0.3, -0.25) is 19.7 Å². The van der Waals surface area contributed by atoms with Gasteiger partial charge in [-0.1, -0.05) is 12.1 Å². The van der Waals surface area contributed by atoms with Crippen LogP contribution in [0.4, 0.5) is 13.2 Å². The molecule has 3 amide bonds. The molecule has 0 bridgehead atoms. The number of imide groups is 1. The number of rotatable bonds is 4. The zero-order chi connectivity index (χ0) is 20.7. The van der Waals surface area contributed by atoms with E-state index in [1.807, 2.05) is 0 Å². The van der Waals surface area contributed by atoms with Gasteiger partial charge in [0.15, 0.2) is 0 Å². The number of nitrogens with zero attached hydrogens (tertiary/aromatic N) is 2. The summed E-state index contributed by atoms with van der Waals surface area (Å²) in [6, 6.07) is 6.16. The highest BCUT2D eigenvalue weighted by molar-refractivity contribution is 6.06. The van der Waals surface area contributed by atoms with Crippen LogP contribution >= 0.6 is 0 Å². The van der Waals surface area contributed by atoms with Gasteiger partial charge in [0.05, 0.1) is 0 Å². The molecule has 3 heterocycles. The highest BCUT2D eigenvalue weighted by atomic mass is 19.3. The molecule has 1 fully saturated rings. The summed E-state index contributed by atoms with van der Waals surface area (Å²) in [6.07, 6.45) is 0.323. The number of hydrogen-bond acceptors (Lipinski definition) is 5. The number of halogens is 3. The van der Waals surface area contributed by atoms with Crippen molar-refractivity contribution in [3.63, 3.8) is 0 Å². The van der Waals surface area contributed by atoms with Crippen LogP contribution < -0.4 is 10.1 Å². The van der Waals surface area contributed by atoms with E-state index in [0.29, 0.717) is 16.7 Å². The maximum Gasteiger partial charge on any atom is 0.388 e. The maximum atomic E-state index is 13.8. The summed E-state index contributed by atoms with van der Waals surface area (Å²) < 4.78 is 43.0. The van der Waals surface area contributed by atoms with E-state index in [-0.39, 0.29) is 24.9 Å². The summed E-state index contributed by atoms with van der Waals surface area (Å²) in [5.41, 5.74) is 1.49. The van der Waals surface area contributed by atoms with Crippen LogP contribution in [-0.2, 0) is 16.1 Å². The monoisotopic (exact) mass is 405 g/mol. The van der Waals surface area contributed by atoms with E-state index < -0.39 is 42.2 Å². The van der Waals surface area contributed by atoms with Gasteiger partial charge in [0.2, 0.25) is 23.6 Å². The van der Waals surface area contributed by atoms with Crippen molar-refractivity contribution in [2.45, 2.75) is 32.0 Å². The Hall–Kier alpha value is -3.43. The van der Waals surface area contributed by atoms with E-state index in [0.717, 1.165) is 12.1 Å². The zero-order valence-corrected chi connectivity index (χ0v) is 14.8. The number of ether oxygens (including phenoxy) is 1. The van der Waals surface area contributed by atoms with Gasteiger partial charge in [0.1, 0.15) is 6.04 Å². The molecule has 1 N–H and O–H groups in total. The Labute approximate surface area is 162 Å². The summed E-state index contributed by atoms with van der Waals surface area (Å²) in [4.78, 5) is 41.0. The van der Waals surface area contributed by atoms with Crippen LogP contribution in [0.5, 0.6) is 5.88 Å². The molecule has 1 aromatic heterocycles. The molecule has 7 nitrogen and oxygen atoms in total. The number of fused-ring (bicyclic) bond motifs is 1. The Kier molecular flexibility index (Phi) is 4.69. The largest absolute Gasteiger partial charge is 0.417 e. The number of carbonyl (C=O) groups excluding carboxylic acids is 3. The molecule has 0 radical (unpaired) electrons. The number of amides is 3. The van der Waals surface area contributed by atoms with Gasteiger partial charge in [-0.25, -0.2) is 0 Å². The summed E-state index contributed by atoms with van der Waals surface area (Å²) in [5, 5.41) is 2.22. The number of aromatic nitrogens is 1. The molecule has 2 aliphatic heterocycles. The van der Waals surface area contributed by atoms with Gasteiger partial charge in [0, 0.05) is 30.7 Å². The minimum atomic E-state index is -3.16. The van der Waals surface area contributed by atoms with E-state index in [4.69, 9.17) is 0 Å². The molecule has 2 aromatic rings. The summed E-state index contributed by atoms with van der Waals surface area (Å²) >= 11 is 0. The van der Waals surface area contributed by atoms with Crippen molar-refractivity contribution in [1.29, 1.82) is 0 Å². The van der Waals surface area contributed by atoms with Crippen LogP contribution in [0.15, 0.2) is 30.3 Å². The first-order valence-corrected chi connectivity index (χ1v) is 8.73. The first-order chi connectivity index (χ1) is 13.8. The van der Waals surface area contributed by atoms with Crippen LogP contribution in [0.2, 0.25) is 0 Å². The zero-order valence-electron chi connectivity index (χ0n) is 14.8. The second-order valence-corrected chi connectivity index (χ2v) is 6.63. The summed E-state index contributed by atoms with van der Waals surface area (Å²) in [6.45, 7) is -3.10. The van der Waals surface area contributed by atoms with Crippen LogP contribution in [0, 0.1) is 5.95 Å². The number of carbonyl (C=O) groups is 3. The minimum absolute atomic E-state index is 0.0611. The molecule has 0 saturated carbocycles. The first kappa shape index (κ1) is 18.9. The lowest BCUT2D eigenvalue weighted by Gasteiger charge is -2.29. The first-order valence-electron chi connectivity index (χ1n) is 8.73. The van der Waals surface area contributed by atoms with Gasteiger partial charge in [-0.2, -0.15) is 18.2 Å². The van der Waals surface area contributed by atoms with Crippen LogP contribution in [-0.4, -0.2) is 40.3 Å². The fraction of sp³-hybridized carbons (Fsp3) is 0.263. The Morgan fingerprint density at radius 2 is 1.93 bits per heavy atom. The molecule has 1 atom stereocenters. The average molecular weight is 405 g/mol. The lowest BCUT2D eigenvalue weighted by Crippen LogP contribution is -2.52. The smallest absolute Gasteiger partial charge is 0.388 e. The molecule has 2 aliphatic rings. The van der Waals surface area contributed by atoms with Gasteiger partial charge >= 0.3 is 6.61 Å². The third-order valence-electron chi connectivity index (χ3n) is 4.87.